The number of aryl methyl sites for hydroxylation is 1. The van der Waals surface area contributed by atoms with Crippen molar-refractivity contribution in [2.45, 2.75) is 24.4 Å². The molecule has 1 saturated heterocycles. The van der Waals surface area contributed by atoms with Crippen LogP contribution < -0.4 is 11.2 Å². The Morgan fingerprint density at radius 1 is 1.37 bits per heavy atom. The van der Waals surface area contributed by atoms with E-state index in [2.05, 4.69) is 4.98 Å². The van der Waals surface area contributed by atoms with E-state index in [1.807, 2.05) is 0 Å². The van der Waals surface area contributed by atoms with Gasteiger partial charge in [-0.3, -0.25) is 9.78 Å². The Morgan fingerprint density at radius 3 is 2.53 bits per heavy atom. The summed E-state index contributed by atoms with van der Waals surface area (Å²) in [6.07, 6.45) is -3.41. The van der Waals surface area contributed by atoms with Gasteiger partial charge in [0.1, 0.15) is 24.4 Å². The zero-order valence-electron chi connectivity index (χ0n) is 10.1. The summed E-state index contributed by atoms with van der Waals surface area (Å²) in [4.78, 5) is 24.9. The lowest BCUT2D eigenvalue weighted by atomic mass is 10.0. The SMILES string of the molecule is Cn1cc([C@@H]2O[C@H](CO)[C@@H](O)[C@H]2O)c(=O)[nH]c1=O.S. The molecule has 1 aromatic rings. The van der Waals surface area contributed by atoms with Crippen molar-refractivity contribution < 1.29 is 20.1 Å². The fraction of sp³-hybridized carbons (Fsp3) is 0.600. The number of nitrogens with one attached hydrogen (secondary N) is 1. The second-order valence-corrected chi connectivity index (χ2v) is 4.21. The summed E-state index contributed by atoms with van der Waals surface area (Å²) < 4.78 is 6.34. The lowest BCUT2D eigenvalue weighted by molar-refractivity contribution is -0.0233. The highest BCUT2D eigenvalue weighted by Crippen LogP contribution is 2.31. The third-order valence-corrected chi connectivity index (χ3v) is 2.98. The number of nitrogens with zero attached hydrogens (tertiary/aromatic N) is 1. The Kier molecular flexibility index (Phi) is 4.93. The molecule has 19 heavy (non-hydrogen) atoms. The van der Waals surface area contributed by atoms with Crippen molar-refractivity contribution in [3.05, 3.63) is 32.6 Å². The summed E-state index contributed by atoms with van der Waals surface area (Å²) in [6.45, 7) is -0.474. The van der Waals surface area contributed by atoms with E-state index in [4.69, 9.17) is 9.84 Å². The molecular weight excluding hydrogens is 276 g/mol. The molecule has 1 aromatic heterocycles. The van der Waals surface area contributed by atoms with E-state index < -0.39 is 42.3 Å². The van der Waals surface area contributed by atoms with Crippen molar-refractivity contribution in [2.75, 3.05) is 6.61 Å². The molecule has 0 saturated carbocycles. The lowest BCUT2D eigenvalue weighted by Gasteiger charge is -2.14. The number of aromatic amines is 1. The van der Waals surface area contributed by atoms with Crippen LogP contribution in [0.1, 0.15) is 11.7 Å². The van der Waals surface area contributed by atoms with E-state index in [1.54, 1.807) is 0 Å². The van der Waals surface area contributed by atoms with E-state index >= 15 is 0 Å². The van der Waals surface area contributed by atoms with Crippen molar-refractivity contribution >= 4 is 13.5 Å². The summed E-state index contributed by atoms with van der Waals surface area (Å²) in [5.41, 5.74) is -1.25. The van der Waals surface area contributed by atoms with Crippen LogP contribution in [0.15, 0.2) is 15.8 Å². The van der Waals surface area contributed by atoms with Crippen LogP contribution >= 0.6 is 13.5 Å². The number of rotatable bonds is 2. The van der Waals surface area contributed by atoms with E-state index in [1.165, 1.54) is 13.2 Å². The molecule has 4 atom stereocenters. The van der Waals surface area contributed by atoms with Crippen LogP contribution in [0.2, 0.25) is 0 Å². The second kappa shape index (κ2) is 5.88. The van der Waals surface area contributed by atoms with Crippen LogP contribution in [-0.4, -0.2) is 49.8 Å². The molecule has 1 aliphatic rings. The van der Waals surface area contributed by atoms with Gasteiger partial charge in [0.2, 0.25) is 0 Å². The summed E-state index contributed by atoms with van der Waals surface area (Å²) in [5.74, 6) is 0. The Morgan fingerprint density at radius 2 is 2.00 bits per heavy atom. The quantitative estimate of drug-likeness (QED) is 0.471. The Balaban J connectivity index is 0.00000180. The van der Waals surface area contributed by atoms with Gasteiger partial charge in [-0.05, 0) is 0 Å². The van der Waals surface area contributed by atoms with Gasteiger partial charge in [0.05, 0.1) is 12.2 Å². The summed E-state index contributed by atoms with van der Waals surface area (Å²) in [7, 11) is 1.43. The minimum atomic E-state index is -1.33. The summed E-state index contributed by atoms with van der Waals surface area (Å²) in [5, 5.41) is 28.3. The van der Waals surface area contributed by atoms with Crippen molar-refractivity contribution in [1.29, 1.82) is 0 Å². The number of aromatic nitrogens is 2. The van der Waals surface area contributed by atoms with Crippen molar-refractivity contribution in [2.24, 2.45) is 7.05 Å². The molecule has 8 nitrogen and oxygen atoms in total. The van der Waals surface area contributed by atoms with Crippen LogP contribution in [0.25, 0.3) is 0 Å². The third kappa shape index (κ3) is 2.74. The van der Waals surface area contributed by atoms with E-state index in [-0.39, 0.29) is 19.1 Å². The van der Waals surface area contributed by atoms with Crippen LogP contribution in [0, 0.1) is 0 Å². The molecule has 108 valence electrons. The van der Waals surface area contributed by atoms with E-state index in [9.17, 15) is 19.8 Å². The average Bonchev–Trinajstić information content (AvgIpc) is 2.61. The van der Waals surface area contributed by atoms with Crippen molar-refractivity contribution in [1.82, 2.24) is 9.55 Å². The fourth-order valence-electron chi connectivity index (χ4n) is 1.94. The monoisotopic (exact) mass is 292 g/mol. The maximum atomic E-state index is 11.6. The highest BCUT2D eigenvalue weighted by Gasteiger charge is 2.44. The number of ether oxygens (including phenoxy) is 1. The van der Waals surface area contributed by atoms with Gasteiger partial charge in [0.25, 0.3) is 5.56 Å². The molecule has 0 aromatic carbocycles. The molecule has 1 aliphatic heterocycles. The third-order valence-electron chi connectivity index (χ3n) is 2.98. The maximum Gasteiger partial charge on any atom is 0.328 e. The molecule has 4 N–H and O–H groups in total. The van der Waals surface area contributed by atoms with E-state index in [0.717, 1.165) is 4.57 Å². The van der Waals surface area contributed by atoms with Crippen molar-refractivity contribution in [3.63, 3.8) is 0 Å². The molecule has 0 spiro atoms. The number of aliphatic hydroxyl groups is 3. The molecule has 0 amide bonds. The van der Waals surface area contributed by atoms with Crippen LogP contribution in [0.4, 0.5) is 0 Å². The molecule has 0 aliphatic carbocycles. The maximum absolute atomic E-state index is 11.6. The number of H-pyrrole nitrogens is 1. The smallest absolute Gasteiger partial charge is 0.328 e. The van der Waals surface area contributed by atoms with Crippen LogP contribution in [-0.2, 0) is 11.8 Å². The minimum absolute atomic E-state index is 0. The van der Waals surface area contributed by atoms with Gasteiger partial charge in [-0.1, -0.05) is 0 Å². The van der Waals surface area contributed by atoms with Gasteiger partial charge < -0.3 is 24.6 Å². The first-order valence-corrected chi connectivity index (χ1v) is 5.38. The predicted octanol–water partition coefficient (Wildman–Crippen LogP) is -2.66. The van der Waals surface area contributed by atoms with Gasteiger partial charge >= 0.3 is 5.69 Å². The first-order valence-electron chi connectivity index (χ1n) is 5.38. The topological polar surface area (TPSA) is 125 Å². The van der Waals surface area contributed by atoms with E-state index in [0.29, 0.717) is 0 Å². The minimum Gasteiger partial charge on any atom is -0.394 e. The molecule has 0 radical (unpaired) electrons. The Hall–Kier alpha value is -1.13. The molecule has 9 heteroatoms. The molecule has 2 heterocycles. The highest BCUT2D eigenvalue weighted by atomic mass is 32.1. The van der Waals surface area contributed by atoms with Crippen LogP contribution in [0.5, 0.6) is 0 Å². The normalized spacial score (nSPS) is 30.1. The van der Waals surface area contributed by atoms with Gasteiger partial charge in [-0.15, -0.1) is 0 Å². The lowest BCUT2D eigenvalue weighted by Crippen LogP contribution is -2.35. The van der Waals surface area contributed by atoms with Crippen molar-refractivity contribution in [3.8, 4) is 0 Å². The molecular formula is C10H16N2O6S. The molecule has 1 fully saturated rings. The van der Waals surface area contributed by atoms with Crippen LogP contribution in [0.3, 0.4) is 0 Å². The number of hydrogen-bond donors (Lipinski definition) is 4. The first-order chi connectivity index (χ1) is 8.45. The first kappa shape index (κ1) is 15.9. The standard InChI is InChI=1S/C10H14N2O6.H2S/c1-12-2-4(9(16)11-10(12)17)8-7(15)6(14)5(3-13)18-8;/h2,5-8,13-15H,3H2,1H3,(H,11,16,17);1H2/t5-,6-,7-,8+;/m1./s1. The fourth-order valence-corrected chi connectivity index (χ4v) is 1.94. The molecule has 2 rings (SSSR count). The number of hydrogen-bond acceptors (Lipinski definition) is 6. The van der Waals surface area contributed by atoms with Gasteiger partial charge in [0.15, 0.2) is 0 Å². The van der Waals surface area contributed by atoms with Gasteiger partial charge in [-0.25, -0.2) is 4.79 Å². The summed E-state index contributed by atoms with van der Waals surface area (Å²) in [6, 6.07) is 0. The number of aliphatic hydroxyl groups excluding tert-OH is 3. The molecule has 0 bridgehead atoms. The predicted molar refractivity (Wildman–Crippen MR) is 69.4 cm³/mol. The van der Waals surface area contributed by atoms with Gasteiger partial charge in [0, 0.05) is 13.2 Å². The zero-order valence-corrected chi connectivity index (χ0v) is 11.1. The second-order valence-electron chi connectivity index (χ2n) is 4.21. The molecule has 0 unspecified atom stereocenters. The summed E-state index contributed by atoms with van der Waals surface area (Å²) >= 11 is 0. The Bertz CT molecular complexity index is 556. The zero-order chi connectivity index (χ0) is 13.4. The van der Waals surface area contributed by atoms with Gasteiger partial charge in [-0.2, -0.15) is 13.5 Å². The Labute approximate surface area is 114 Å². The highest BCUT2D eigenvalue weighted by molar-refractivity contribution is 7.59. The largest absolute Gasteiger partial charge is 0.394 e. The average molecular weight is 292 g/mol.